The van der Waals surface area contributed by atoms with Crippen LogP contribution in [0, 0.1) is 6.92 Å². The molecule has 0 aliphatic rings. The van der Waals surface area contributed by atoms with Crippen LogP contribution >= 0.6 is 0 Å². The SMILES string of the molecule is Cc1cc(C(=O)NCCC(C)O)c2cnn(C(C)C)c2n1. The van der Waals surface area contributed by atoms with Gasteiger partial charge in [-0.25, -0.2) is 9.67 Å². The van der Waals surface area contributed by atoms with Crippen LogP contribution < -0.4 is 5.32 Å². The molecule has 6 heteroatoms. The summed E-state index contributed by atoms with van der Waals surface area (Å²) in [6.07, 6.45) is 1.79. The van der Waals surface area contributed by atoms with E-state index in [0.29, 0.717) is 18.5 Å². The molecule has 6 nitrogen and oxygen atoms in total. The largest absolute Gasteiger partial charge is 0.393 e. The number of fused-ring (bicyclic) bond motifs is 1. The minimum atomic E-state index is -0.423. The van der Waals surface area contributed by atoms with Crippen LogP contribution in [-0.2, 0) is 0 Å². The fourth-order valence-corrected chi connectivity index (χ4v) is 2.20. The molecule has 0 aliphatic heterocycles. The van der Waals surface area contributed by atoms with E-state index >= 15 is 0 Å². The highest BCUT2D eigenvalue weighted by molar-refractivity contribution is 6.05. The van der Waals surface area contributed by atoms with Gasteiger partial charge in [0.05, 0.1) is 23.3 Å². The maximum Gasteiger partial charge on any atom is 0.252 e. The van der Waals surface area contributed by atoms with Gasteiger partial charge in [0.2, 0.25) is 0 Å². The Morgan fingerprint density at radius 2 is 2.14 bits per heavy atom. The van der Waals surface area contributed by atoms with E-state index in [1.54, 1.807) is 19.2 Å². The Hall–Kier alpha value is -1.95. The zero-order valence-electron chi connectivity index (χ0n) is 12.9. The Morgan fingerprint density at radius 1 is 1.43 bits per heavy atom. The van der Waals surface area contributed by atoms with Gasteiger partial charge in [-0.15, -0.1) is 0 Å². The van der Waals surface area contributed by atoms with E-state index in [0.717, 1.165) is 16.7 Å². The topological polar surface area (TPSA) is 80.0 Å². The van der Waals surface area contributed by atoms with Gasteiger partial charge in [0.1, 0.15) is 0 Å². The number of nitrogens with zero attached hydrogens (tertiary/aromatic N) is 3. The first kappa shape index (κ1) is 15.4. The smallest absolute Gasteiger partial charge is 0.252 e. The maximum atomic E-state index is 12.3. The van der Waals surface area contributed by atoms with Crippen molar-refractivity contribution in [2.24, 2.45) is 0 Å². The van der Waals surface area contributed by atoms with Crippen molar-refractivity contribution < 1.29 is 9.90 Å². The third kappa shape index (κ3) is 3.39. The monoisotopic (exact) mass is 290 g/mol. The molecule has 0 radical (unpaired) electrons. The summed E-state index contributed by atoms with van der Waals surface area (Å²) in [5, 5.41) is 17.1. The molecule has 2 rings (SSSR count). The van der Waals surface area contributed by atoms with Gasteiger partial charge >= 0.3 is 0 Å². The molecule has 114 valence electrons. The lowest BCUT2D eigenvalue weighted by Gasteiger charge is -2.10. The lowest BCUT2D eigenvalue weighted by Crippen LogP contribution is -2.26. The number of rotatable bonds is 5. The summed E-state index contributed by atoms with van der Waals surface area (Å²) in [6.45, 7) is 8.06. The van der Waals surface area contributed by atoms with E-state index in [1.807, 2.05) is 25.5 Å². The quantitative estimate of drug-likeness (QED) is 0.880. The molecule has 2 heterocycles. The highest BCUT2D eigenvalue weighted by Crippen LogP contribution is 2.20. The van der Waals surface area contributed by atoms with Crippen LogP contribution in [0.3, 0.4) is 0 Å². The molecule has 21 heavy (non-hydrogen) atoms. The Labute approximate surface area is 124 Å². The fraction of sp³-hybridized carbons (Fsp3) is 0.533. The molecule has 1 amide bonds. The number of aliphatic hydroxyl groups is 1. The molecule has 0 aliphatic carbocycles. The van der Waals surface area contributed by atoms with Crippen molar-refractivity contribution in [2.45, 2.75) is 46.3 Å². The second-order valence-corrected chi connectivity index (χ2v) is 5.62. The second-order valence-electron chi connectivity index (χ2n) is 5.62. The number of aliphatic hydroxyl groups excluding tert-OH is 1. The number of carbonyl (C=O) groups is 1. The van der Waals surface area contributed by atoms with Gasteiger partial charge in [-0.05, 0) is 40.2 Å². The van der Waals surface area contributed by atoms with Crippen molar-refractivity contribution in [1.29, 1.82) is 0 Å². The van der Waals surface area contributed by atoms with Crippen molar-refractivity contribution in [3.8, 4) is 0 Å². The van der Waals surface area contributed by atoms with E-state index in [4.69, 9.17) is 0 Å². The fourth-order valence-electron chi connectivity index (χ4n) is 2.20. The minimum Gasteiger partial charge on any atom is -0.393 e. The van der Waals surface area contributed by atoms with Crippen molar-refractivity contribution in [3.63, 3.8) is 0 Å². The molecular weight excluding hydrogens is 268 g/mol. The number of pyridine rings is 1. The molecule has 1 atom stereocenters. The Kier molecular flexibility index (Phi) is 4.57. The first-order chi connectivity index (χ1) is 9.90. The standard InChI is InChI=1S/C15H22N4O2/c1-9(2)19-14-13(8-17-19)12(7-10(3)18-14)15(21)16-6-5-11(4)20/h7-9,11,20H,5-6H2,1-4H3,(H,16,21). The normalized spacial score (nSPS) is 12.9. The van der Waals surface area contributed by atoms with Crippen LogP contribution in [0.25, 0.3) is 11.0 Å². The molecule has 2 aromatic rings. The van der Waals surface area contributed by atoms with Crippen LogP contribution in [0.2, 0.25) is 0 Å². The number of aromatic nitrogens is 3. The van der Waals surface area contributed by atoms with Gasteiger partial charge in [0.15, 0.2) is 5.65 Å². The van der Waals surface area contributed by atoms with Gasteiger partial charge < -0.3 is 10.4 Å². The molecule has 2 aromatic heterocycles. The second kappa shape index (κ2) is 6.22. The summed E-state index contributed by atoms with van der Waals surface area (Å²) in [4.78, 5) is 16.8. The zero-order valence-corrected chi connectivity index (χ0v) is 12.9. The Bertz CT molecular complexity index is 646. The average Bonchev–Trinajstić information content (AvgIpc) is 2.80. The Morgan fingerprint density at radius 3 is 2.76 bits per heavy atom. The summed E-state index contributed by atoms with van der Waals surface area (Å²) in [6, 6.07) is 1.95. The number of nitrogens with one attached hydrogen (secondary N) is 1. The third-order valence-corrected chi connectivity index (χ3v) is 3.28. The van der Waals surface area contributed by atoms with Crippen LogP contribution in [0.5, 0.6) is 0 Å². The maximum absolute atomic E-state index is 12.3. The first-order valence-corrected chi connectivity index (χ1v) is 7.21. The summed E-state index contributed by atoms with van der Waals surface area (Å²) in [7, 11) is 0. The molecule has 1 unspecified atom stereocenters. The van der Waals surface area contributed by atoms with Crippen LogP contribution in [-0.4, -0.2) is 38.4 Å². The Balaban J connectivity index is 2.33. The van der Waals surface area contributed by atoms with E-state index < -0.39 is 6.10 Å². The van der Waals surface area contributed by atoms with E-state index in [-0.39, 0.29) is 11.9 Å². The molecule has 0 saturated heterocycles. The van der Waals surface area contributed by atoms with Gasteiger partial charge in [0, 0.05) is 18.3 Å². The molecule has 0 spiro atoms. The summed E-state index contributed by atoms with van der Waals surface area (Å²) in [5.74, 6) is -0.158. The highest BCUT2D eigenvalue weighted by atomic mass is 16.3. The molecule has 0 fully saturated rings. The predicted octanol–water partition coefficient (Wildman–Crippen LogP) is 1.82. The number of carbonyl (C=O) groups excluding carboxylic acids is 1. The summed E-state index contributed by atoms with van der Waals surface area (Å²) >= 11 is 0. The number of amides is 1. The van der Waals surface area contributed by atoms with Gasteiger partial charge in [-0.1, -0.05) is 0 Å². The molecular formula is C15H22N4O2. The van der Waals surface area contributed by atoms with E-state index in [9.17, 15) is 9.90 Å². The first-order valence-electron chi connectivity index (χ1n) is 7.21. The van der Waals surface area contributed by atoms with Gasteiger partial charge in [-0.2, -0.15) is 5.10 Å². The minimum absolute atomic E-state index is 0.158. The molecule has 2 N–H and O–H groups in total. The zero-order chi connectivity index (χ0) is 15.6. The average molecular weight is 290 g/mol. The van der Waals surface area contributed by atoms with Crippen LogP contribution in [0.4, 0.5) is 0 Å². The van der Waals surface area contributed by atoms with Crippen LogP contribution in [0.1, 0.15) is 49.3 Å². The van der Waals surface area contributed by atoms with Gasteiger partial charge in [-0.3, -0.25) is 4.79 Å². The third-order valence-electron chi connectivity index (χ3n) is 3.28. The number of aryl methyl sites for hydroxylation is 1. The highest BCUT2D eigenvalue weighted by Gasteiger charge is 2.16. The molecule has 0 aromatic carbocycles. The molecule has 0 bridgehead atoms. The van der Waals surface area contributed by atoms with E-state index in [2.05, 4.69) is 15.4 Å². The lowest BCUT2D eigenvalue weighted by molar-refractivity contribution is 0.0947. The summed E-state index contributed by atoms with van der Waals surface area (Å²) < 4.78 is 1.81. The van der Waals surface area contributed by atoms with Crippen molar-refractivity contribution in [1.82, 2.24) is 20.1 Å². The molecule has 0 saturated carbocycles. The predicted molar refractivity (Wildman–Crippen MR) is 81.3 cm³/mol. The number of hydrogen-bond donors (Lipinski definition) is 2. The van der Waals surface area contributed by atoms with Crippen molar-refractivity contribution in [2.75, 3.05) is 6.54 Å². The number of hydrogen-bond acceptors (Lipinski definition) is 4. The van der Waals surface area contributed by atoms with E-state index in [1.165, 1.54) is 0 Å². The summed E-state index contributed by atoms with van der Waals surface area (Å²) in [5.41, 5.74) is 2.09. The van der Waals surface area contributed by atoms with Crippen molar-refractivity contribution in [3.05, 3.63) is 23.5 Å². The van der Waals surface area contributed by atoms with Gasteiger partial charge in [0.25, 0.3) is 5.91 Å². The van der Waals surface area contributed by atoms with Crippen LogP contribution in [0.15, 0.2) is 12.3 Å². The van der Waals surface area contributed by atoms with Crippen molar-refractivity contribution >= 4 is 16.9 Å². The lowest BCUT2D eigenvalue weighted by atomic mass is 10.1.